The number of nitrogens with one attached hydrogen (secondary N) is 1. The molecule has 1 N–H and O–H groups in total. The molecule has 10 nitrogen and oxygen atoms in total. The van der Waals surface area contributed by atoms with Crippen molar-refractivity contribution in [2.45, 2.75) is 22.7 Å². The maximum Gasteiger partial charge on any atom is 0.308 e. The van der Waals surface area contributed by atoms with Gasteiger partial charge in [-0.2, -0.15) is 0 Å². The Balaban J connectivity index is 1.39. The van der Waals surface area contributed by atoms with E-state index in [-0.39, 0.29) is 17.9 Å². The molecule has 3 amide bonds. The Hall–Kier alpha value is -4.33. The second kappa shape index (κ2) is 10.8. The summed E-state index contributed by atoms with van der Waals surface area (Å²) in [6.07, 6.45) is 0. The first-order chi connectivity index (χ1) is 20.1. The van der Waals surface area contributed by atoms with Gasteiger partial charge in [-0.3, -0.25) is 33.9 Å². The molecule has 1 saturated heterocycles. The van der Waals surface area contributed by atoms with E-state index in [1.165, 1.54) is 53.1 Å². The van der Waals surface area contributed by atoms with Crippen LogP contribution in [0.5, 0.6) is 0 Å². The molecular formula is C28H18ClFN4O6S2. The van der Waals surface area contributed by atoms with Crippen molar-refractivity contribution in [3.05, 3.63) is 114 Å². The number of hydrogen-bond donors (Lipinski definition) is 1. The summed E-state index contributed by atoms with van der Waals surface area (Å²) >= 11 is 7.80. The van der Waals surface area contributed by atoms with Gasteiger partial charge in [0.25, 0.3) is 5.69 Å². The fourth-order valence-electron chi connectivity index (χ4n) is 5.14. The lowest BCUT2D eigenvalue weighted by Crippen LogP contribution is -2.33. The molecule has 0 unspecified atom stereocenters. The Morgan fingerprint density at radius 1 is 0.976 bits per heavy atom. The monoisotopic (exact) mass is 624 g/mol. The van der Waals surface area contributed by atoms with E-state index in [4.69, 9.17) is 11.6 Å². The molecule has 0 aliphatic carbocycles. The predicted octanol–water partition coefficient (Wildman–Crippen LogP) is 5.05. The minimum absolute atomic E-state index is 0.173. The molecule has 1 aromatic heterocycles. The number of hydrogen-bond acceptors (Lipinski definition) is 8. The van der Waals surface area contributed by atoms with Crippen molar-refractivity contribution in [3.63, 3.8) is 0 Å². The lowest BCUT2D eigenvalue weighted by Gasteiger charge is -2.30. The van der Waals surface area contributed by atoms with Gasteiger partial charge >= 0.3 is 4.87 Å². The molecule has 0 spiro atoms. The minimum atomic E-state index is -0.963. The third-order valence-electron chi connectivity index (χ3n) is 7.03. The quantitative estimate of drug-likeness (QED) is 0.180. The van der Waals surface area contributed by atoms with E-state index in [0.29, 0.717) is 26.2 Å². The molecule has 0 radical (unpaired) electrons. The van der Waals surface area contributed by atoms with E-state index in [9.17, 15) is 33.7 Å². The molecule has 14 heteroatoms. The van der Waals surface area contributed by atoms with Crippen LogP contribution in [-0.2, 0) is 20.9 Å². The summed E-state index contributed by atoms with van der Waals surface area (Å²) in [4.78, 5) is 65.3. The summed E-state index contributed by atoms with van der Waals surface area (Å²) < 4.78 is 15.1. The van der Waals surface area contributed by atoms with Gasteiger partial charge in [0.15, 0.2) is 0 Å². The average Bonchev–Trinajstić information content (AvgIpc) is 3.41. The number of benzene rings is 3. The molecule has 212 valence electrons. The Morgan fingerprint density at radius 2 is 1.64 bits per heavy atom. The number of rotatable bonds is 6. The fourth-order valence-corrected chi connectivity index (χ4v) is 8.04. The van der Waals surface area contributed by atoms with Gasteiger partial charge in [-0.25, -0.2) is 9.29 Å². The van der Waals surface area contributed by atoms with Crippen molar-refractivity contribution < 1.29 is 23.7 Å². The van der Waals surface area contributed by atoms with Crippen LogP contribution < -0.4 is 15.1 Å². The third kappa shape index (κ3) is 4.89. The zero-order valence-electron chi connectivity index (χ0n) is 21.2. The minimum Gasteiger partial charge on any atom is -0.325 e. The van der Waals surface area contributed by atoms with Gasteiger partial charge in [0.2, 0.25) is 17.7 Å². The molecule has 3 heterocycles. The van der Waals surface area contributed by atoms with Gasteiger partial charge < -0.3 is 5.32 Å². The molecule has 1 fully saturated rings. The van der Waals surface area contributed by atoms with Crippen LogP contribution in [-0.4, -0.2) is 32.5 Å². The molecular weight excluding hydrogens is 607 g/mol. The van der Waals surface area contributed by atoms with Gasteiger partial charge in [0.1, 0.15) is 17.6 Å². The number of nitro groups is 1. The van der Waals surface area contributed by atoms with Crippen molar-refractivity contribution in [2.75, 3.05) is 10.2 Å². The largest absolute Gasteiger partial charge is 0.325 e. The topological polar surface area (TPSA) is 132 Å². The van der Waals surface area contributed by atoms with E-state index >= 15 is 0 Å². The number of thiazole rings is 1. The molecule has 0 bridgehead atoms. The number of thioether (sulfide) groups is 1. The van der Waals surface area contributed by atoms with Crippen molar-refractivity contribution in [3.8, 4) is 0 Å². The Kier molecular flexibility index (Phi) is 7.17. The smallest absolute Gasteiger partial charge is 0.308 e. The molecule has 6 rings (SSSR count). The number of amides is 3. The number of imide groups is 1. The van der Waals surface area contributed by atoms with Gasteiger partial charge in [-0.15, -0.1) is 0 Å². The van der Waals surface area contributed by atoms with E-state index < -0.39 is 50.4 Å². The summed E-state index contributed by atoms with van der Waals surface area (Å²) in [7, 11) is 0. The molecule has 3 atom stereocenters. The normalized spacial score (nSPS) is 19.4. The van der Waals surface area contributed by atoms with Crippen molar-refractivity contribution >= 4 is 69.5 Å². The highest BCUT2D eigenvalue weighted by Gasteiger charge is 2.56. The number of carbonyl (C=O) groups is 3. The van der Waals surface area contributed by atoms with Crippen LogP contribution in [0.1, 0.15) is 16.4 Å². The van der Waals surface area contributed by atoms with Crippen molar-refractivity contribution in [2.24, 2.45) is 5.92 Å². The Bertz CT molecular complexity index is 1810. The van der Waals surface area contributed by atoms with E-state index in [1.807, 2.05) is 0 Å². The lowest BCUT2D eigenvalue weighted by atomic mass is 9.83. The van der Waals surface area contributed by atoms with E-state index in [0.717, 1.165) is 28.0 Å². The van der Waals surface area contributed by atoms with Gasteiger partial charge in [0.05, 0.1) is 21.6 Å². The number of nitrogens with zero attached hydrogens (tertiary/aromatic N) is 3. The van der Waals surface area contributed by atoms with Crippen LogP contribution >= 0.6 is 34.7 Å². The van der Waals surface area contributed by atoms with Crippen LogP contribution in [0.15, 0.2) is 82.6 Å². The first-order valence-electron chi connectivity index (χ1n) is 12.5. The highest BCUT2D eigenvalue weighted by Crippen LogP contribution is 2.53. The number of non-ortho nitro benzene ring substituents is 1. The van der Waals surface area contributed by atoms with Crippen LogP contribution in [0.25, 0.3) is 0 Å². The fraction of sp³-hybridized carbons (Fsp3) is 0.143. The second-order valence-corrected chi connectivity index (χ2v) is 12.1. The van der Waals surface area contributed by atoms with Crippen LogP contribution in [0.2, 0.25) is 5.02 Å². The van der Waals surface area contributed by atoms with Gasteiger partial charge in [-0.1, -0.05) is 46.8 Å². The zero-order valence-corrected chi connectivity index (χ0v) is 23.6. The molecule has 0 saturated carbocycles. The summed E-state index contributed by atoms with van der Waals surface area (Å²) in [6.45, 7) is -0.345. The second-order valence-electron chi connectivity index (χ2n) is 9.56. The molecule has 42 heavy (non-hydrogen) atoms. The Morgan fingerprint density at radius 3 is 2.29 bits per heavy atom. The molecule has 2 aliphatic heterocycles. The molecule has 2 aliphatic rings. The van der Waals surface area contributed by atoms with Crippen LogP contribution in [0.3, 0.4) is 0 Å². The van der Waals surface area contributed by atoms with Crippen LogP contribution in [0, 0.1) is 21.8 Å². The standard InChI is InChI=1S/C28H18ClFN4O6S2/c29-15-3-7-17(8-4-15)31-20(35)13-32-27-24(42-28(32)38)21(14-1-5-16(30)6-2-14)22-23(41-27)26(37)33(25(22)36)18-9-11-19(12-10-18)34(39)40/h1-12,21-23H,13H2,(H,31,35)/t21-,22-,23+/m0/s1. The summed E-state index contributed by atoms with van der Waals surface area (Å²) in [5.74, 6) is -3.79. The highest BCUT2D eigenvalue weighted by molar-refractivity contribution is 8.00. The first-order valence-corrected chi connectivity index (χ1v) is 14.5. The predicted molar refractivity (Wildman–Crippen MR) is 156 cm³/mol. The average molecular weight is 625 g/mol. The first kappa shape index (κ1) is 27.8. The number of nitro benzene ring substituents is 1. The van der Waals surface area contributed by atoms with E-state index in [1.54, 1.807) is 24.3 Å². The summed E-state index contributed by atoms with van der Waals surface area (Å²) in [6, 6.07) is 17.0. The number of aromatic nitrogens is 1. The third-order valence-corrected chi connectivity index (χ3v) is 9.88. The lowest BCUT2D eigenvalue weighted by molar-refractivity contribution is -0.384. The Labute approximate surface area is 249 Å². The number of fused-ring (bicyclic) bond motifs is 2. The number of halogens is 2. The SMILES string of the molecule is O=C(Cn1c2c(sc1=O)[C@@H](c1ccc(F)cc1)[C@@H]1C(=O)N(c3ccc([N+](=O)[O-])cc3)C(=O)[C@@H]1S2)Nc1ccc(Cl)cc1. The maximum absolute atomic E-state index is 13.9. The molecule has 4 aromatic rings. The van der Waals surface area contributed by atoms with Crippen LogP contribution in [0.4, 0.5) is 21.5 Å². The summed E-state index contributed by atoms with van der Waals surface area (Å²) in [5.41, 5.74) is 0.982. The highest BCUT2D eigenvalue weighted by atomic mass is 35.5. The van der Waals surface area contributed by atoms with Gasteiger partial charge in [-0.05, 0) is 54.1 Å². The maximum atomic E-state index is 13.9. The van der Waals surface area contributed by atoms with Crippen molar-refractivity contribution in [1.29, 1.82) is 0 Å². The van der Waals surface area contributed by atoms with Crippen molar-refractivity contribution in [1.82, 2.24) is 4.57 Å². The number of carbonyl (C=O) groups excluding carboxylic acids is 3. The van der Waals surface area contributed by atoms with E-state index in [2.05, 4.69) is 5.32 Å². The summed E-state index contributed by atoms with van der Waals surface area (Å²) in [5, 5.41) is 13.7. The zero-order chi connectivity index (χ0) is 29.7. The number of anilines is 2. The molecule has 3 aromatic carbocycles. The van der Waals surface area contributed by atoms with Gasteiger partial charge in [0, 0.05) is 33.6 Å².